The minimum absolute atomic E-state index is 0. The van der Waals surface area contributed by atoms with E-state index in [9.17, 15) is 8.42 Å². The summed E-state index contributed by atoms with van der Waals surface area (Å²) in [5.74, 6) is 1.85. The number of rotatable bonds is 10. The highest BCUT2D eigenvalue weighted by Gasteiger charge is 2.14. The smallest absolute Gasteiger partial charge is 0.191 e. The third-order valence-corrected chi connectivity index (χ3v) is 6.44. The van der Waals surface area contributed by atoms with Gasteiger partial charge >= 0.3 is 0 Å². The maximum atomic E-state index is 12.3. The van der Waals surface area contributed by atoms with E-state index < -0.39 is 9.84 Å². The van der Waals surface area contributed by atoms with Crippen LogP contribution in [0.2, 0.25) is 0 Å². The Hall–Kier alpha value is -1.62. The molecular weight excluding hydrogens is 503 g/mol. The molecular formula is C20H31IN4O3S. The molecule has 9 heteroatoms. The van der Waals surface area contributed by atoms with Crippen LogP contribution in [0.3, 0.4) is 0 Å². The van der Waals surface area contributed by atoms with Gasteiger partial charge in [0.2, 0.25) is 0 Å². The zero-order valence-electron chi connectivity index (χ0n) is 17.2. The van der Waals surface area contributed by atoms with Crippen LogP contribution in [-0.4, -0.2) is 38.9 Å². The molecule has 2 aromatic rings. The molecule has 0 saturated carbocycles. The zero-order chi connectivity index (χ0) is 20.4. The Kier molecular flexibility index (Phi) is 11.3. The highest BCUT2D eigenvalue weighted by atomic mass is 127. The van der Waals surface area contributed by atoms with Crippen LogP contribution in [0.1, 0.15) is 50.5 Å². The lowest BCUT2D eigenvalue weighted by Crippen LogP contribution is -2.37. The fourth-order valence-corrected chi connectivity index (χ4v) is 4.25. The number of benzene rings is 1. The van der Waals surface area contributed by atoms with E-state index in [1.165, 1.54) is 0 Å². The molecule has 0 aliphatic carbocycles. The van der Waals surface area contributed by atoms with Gasteiger partial charge in [-0.3, -0.25) is 4.99 Å². The van der Waals surface area contributed by atoms with Crippen LogP contribution < -0.4 is 10.6 Å². The molecule has 2 rings (SSSR count). The molecule has 0 spiro atoms. The number of sulfone groups is 1. The average Bonchev–Trinajstić information content (AvgIpc) is 3.18. The summed E-state index contributed by atoms with van der Waals surface area (Å²) in [6.07, 6.45) is 2.55. The van der Waals surface area contributed by atoms with Gasteiger partial charge in [-0.2, -0.15) is 0 Å². The number of hydrogen-bond acceptors (Lipinski definition) is 5. The molecule has 0 unspecified atom stereocenters. The van der Waals surface area contributed by atoms with E-state index in [2.05, 4.69) is 34.6 Å². The van der Waals surface area contributed by atoms with Crippen molar-refractivity contribution in [2.45, 2.75) is 50.5 Å². The first kappa shape index (κ1) is 25.4. The topological polar surface area (TPSA) is 96.6 Å². The Morgan fingerprint density at radius 3 is 2.48 bits per heavy atom. The predicted molar refractivity (Wildman–Crippen MR) is 127 cm³/mol. The fourth-order valence-electron chi connectivity index (χ4n) is 2.92. The predicted octanol–water partition coefficient (Wildman–Crippen LogP) is 3.73. The largest absolute Gasteiger partial charge is 0.359 e. The van der Waals surface area contributed by atoms with Crippen molar-refractivity contribution in [3.8, 4) is 0 Å². The van der Waals surface area contributed by atoms with Gasteiger partial charge in [0.15, 0.2) is 21.6 Å². The monoisotopic (exact) mass is 534 g/mol. The summed E-state index contributed by atoms with van der Waals surface area (Å²) in [7, 11) is -1.58. The van der Waals surface area contributed by atoms with Gasteiger partial charge in [-0.25, -0.2) is 8.42 Å². The van der Waals surface area contributed by atoms with Crippen molar-refractivity contribution < 1.29 is 12.9 Å². The van der Waals surface area contributed by atoms with Crippen molar-refractivity contribution in [3.63, 3.8) is 0 Å². The molecule has 1 aromatic heterocycles. The van der Waals surface area contributed by atoms with Crippen LogP contribution in [0.5, 0.6) is 0 Å². The number of nitrogens with one attached hydrogen (secondary N) is 2. The lowest BCUT2D eigenvalue weighted by molar-refractivity contribution is 0.368. The van der Waals surface area contributed by atoms with Gasteiger partial charge in [-0.15, -0.1) is 24.0 Å². The standard InChI is InChI=1S/C20H30N4O3S.HI/c1-4-16(5-2)19-14-17(27-24-19)15-23-20(21-3)22-12-9-13-28(25,26)18-10-7-6-8-11-18;/h6-8,10-11,14,16H,4-5,9,12-13,15H2,1-3H3,(H2,21,22,23);1H. The Morgan fingerprint density at radius 2 is 1.86 bits per heavy atom. The van der Waals surface area contributed by atoms with Crippen LogP contribution in [-0.2, 0) is 16.4 Å². The molecule has 0 aliphatic rings. The maximum absolute atomic E-state index is 12.3. The molecule has 0 fully saturated rings. The number of aliphatic imine (C=N–C) groups is 1. The van der Waals surface area contributed by atoms with Gasteiger partial charge in [-0.1, -0.05) is 37.2 Å². The van der Waals surface area contributed by atoms with Crippen molar-refractivity contribution >= 4 is 39.8 Å². The number of nitrogens with zero attached hydrogens (tertiary/aromatic N) is 2. The van der Waals surface area contributed by atoms with E-state index in [0.717, 1.165) is 24.3 Å². The molecule has 1 heterocycles. The third kappa shape index (κ3) is 7.96. The van der Waals surface area contributed by atoms with Crippen LogP contribution in [0, 0.1) is 0 Å². The number of halogens is 1. The van der Waals surface area contributed by atoms with E-state index in [4.69, 9.17) is 4.52 Å². The van der Waals surface area contributed by atoms with Crippen molar-refractivity contribution in [1.82, 2.24) is 15.8 Å². The minimum Gasteiger partial charge on any atom is -0.359 e. The lowest BCUT2D eigenvalue weighted by Gasteiger charge is -2.11. The van der Waals surface area contributed by atoms with E-state index >= 15 is 0 Å². The van der Waals surface area contributed by atoms with Crippen LogP contribution in [0.4, 0.5) is 0 Å². The van der Waals surface area contributed by atoms with Crippen LogP contribution >= 0.6 is 24.0 Å². The van der Waals surface area contributed by atoms with Gasteiger partial charge in [0.25, 0.3) is 0 Å². The van der Waals surface area contributed by atoms with Crippen molar-refractivity contribution in [3.05, 3.63) is 47.9 Å². The second kappa shape index (κ2) is 12.8. The van der Waals surface area contributed by atoms with Crippen molar-refractivity contribution in [1.29, 1.82) is 0 Å². The van der Waals surface area contributed by atoms with E-state index in [0.29, 0.717) is 36.3 Å². The average molecular weight is 534 g/mol. The normalized spacial score (nSPS) is 11.9. The molecule has 0 bridgehead atoms. The highest BCUT2D eigenvalue weighted by molar-refractivity contribution is 14.0. The van der Waals surface area contributed by atoms with Crippen LogP contribution in [0.25, 0.3) is 0 Å². The number of guanidine groups is 1. The van der Waals surface area contributed by atoms with E-state index in [1.807, 2.05) is 6.07 Å². The Bertz CT molecular complexity index is 850. The van der Waals surface area contributed by atoms with Crippen molar-refractivity contribution in [2.24, 2.45) is 4.99 Å². The zero-order valence-corrected chi connectivity index (χ0v) is 20.4. The van der Waals surface area contributed by atoms with E-state index in [-0.39, 0.29) is 29.7 Å². The summed E-state index contributed by atoms with van der Waals surface area (Å²) in [6.45, 7) is 5.26. The SMILES string of the molecule is CCC(CC)c1cc(CNC(=NC)NCCCS(=O)(=O)c2ccccc2)on1.I. The van der Waals surface area contributed by atoms with Gasteiger partial charge in [-0.05, 0) is 31.4 Å². The summed E-state index contributed by atoms with van der Waals surface area (Å²) < 4.78 is 29.9. The summed E-state index contributed by atoms with van der Waals surface area (Å²) in [5, 5.41) is 10.4. The summed E-state index contributed by atoms with van der Waals surface area (Å²) in [4.78, 5) is 4.51. The highest BCUT2D eigenvalue weighted by Crippen LogP contribution is 2.22. The first-order chi connectivity index (χ1) is 13.5. The second-order valence-corrected chi connectivity index (χ2v) is 8.68. The summed E-state index contributed by atoms with van der Waals surface area (Å²) in [5.41, 5.74) is 0.982. The van der Waals surface area contributed by atoms with Crippen LogP contribution in [0.15, 0.2) is 50.8 Å². The molecule has 0 saturated heterocycles. The number of aromatic nitrogens is 1. The third-order valence-electron chi connectivity index (χ3n) is 4.62. The molecule has 2 N–H and O–H groups in total. The van der Waals surface area contributed by atoms with E-state index in [1.54, 1.807) is 37.4 Å². The molecule has 162 valence electrons. The maximum Gasteiger partial charge on any atom is 0.191 e. The Morgan fingerprint density at radius 1 is 1.17 bits per heavy atom. The summed E-state index contributed by atoms with van der Waals surface area (Å²) in [6, 6.07) is 10.5. The van der Waals surface area contributed by atoms with Crippen molar-refractivity contribution in [2.75, 3.05) is 19.3 Å². The first-order valence-electron chi connectivity index (χ1n) is 9.68. The Labute approximate surface area is 190 Å². The fraction of sp³-hybridized carbons (Fsp3) is 0.500. The molecule has 7 nitrogen and oxygen atoms in total. The molecule has 0 radical (unpaired) electrons. The Balaban J connectivity index is 0.00000420. The van der Waals surface area contributed by atoms with Gasteiger partial charge in [0.1, 0.15) is 0 Å². The summed E-state index contributed by atoms with van der Waals surface area (Å²) >= 11 is 0. The van der Waals surface area contributed by atoms with Gasteiger partial charge in [0.05, 0.1) is 22.9 Å². The first-order valence-corrected chi connectivity index (χ1v) is 11.3. The molecule has 0 atom stereocenters. The molecule has 29 heavy (non-hydrogen) atoms. The van der Waals surface area contributed by atoms with Gasteiger partial charge in [0, 0.05) is 25.6 Å². The molecule has 1 aromatic carbocycles. The molecule has 0 aliphatic heterocycles. The van der Waals surface area contributed by atoms with Gasteiger partial charge < -0.3 is 15.2 Å². The number of hydrogen-bond donors (Lipinski definition) is 2. The second-order valence-electron chi connectivity index (χ2n) is 6.57. The minimum atomic E-state index is -3.25. The molecule has 0 amide bonds. The quantitative estimate of drug-likeness (QED) is 0.209. The lowest BCUT2D eigenvalue weighted by atomic mass is 9.99.